The van der Waals surface area contributed by atoms with Crippen LogP contribution in [0.2, 0.25) is 0 Å². The lowest BCUT2D eigenvalue weighted by Gasteiger charge is -2.05. The Morgan fingerprint density at radius 2 is 1.57 bits per heavy atom. The zero-order valence-corrected chi connectivity index (χ0v) is 11.2. The van der Waals surface area contributed by atoms with Gasteiger partial charge in [-0.2, -0.15) is 0 Å². The van der Waals surface area contributed by atoms with Crippen molar-refractivity contribution in [2.45, 2.75) is 0 Å². The molecule has 21 heavy (non-hydrogen) atoms. The Hall–Kier alpha value is -3.01. The predicted octanol–water partition coefficient (Wildman–Crippen LogP) is 2.91. The van der Waals surface area contributed by atoms with Crippen molar-refractivity contribution in [1.82, 2.24) is 9.97 Å². The van der Waals surface area contributed by atoms with Gasteiger partial charge in [0, 0.05) is 17.3 Å². The fourth-order valence-electron chi connectivity index (χ4n) is 2.10. The number of hydrogen-bond acceptors (Lipinski definition) is 3. The molecule has 4 nitrogen and oxygen atoms in total. The molecule has 2 heterocycles. The summed E-state index contributed by atoms with van der Waals surface area (Å²) in [5.74, 6) is -0.530. The molecule has 102 valence electrons. The molecule has 0 bridgehead atoms. The Labute approximate surface area is 122 Å². The number of nitrogens with zero attached hydrogens (tertiary/aromatic N) is 2. The van der Waals surface area contributed by atoms with Crippen LogP contribution in [0.3, 0.4) is 0 Å². The Balaban J connectivity index is 2.04. The quantitative estimate of drug-likeness (QED) is 0.799. The van der Waals surface area contributed by atoms with Gasteiger partial charge in [-0.1, -0.05) is 30.3 Å². The highest BCUT2D eigenvalue weighted by Gasteiger charge is 2.06. The molecule has 1 aromatic carbocycles. The molecule has 3 aromatic rings. The van der Waals surface area contributed by atoms with Crippen molar-refractivity contribution in [3.8, 4) is 22.5 Å². The second kappa shape index (κ2) is 5.54. The number of nitrogens with two attached hydrogens (primary N) is 1. The highest BCUT2D eigenvalue weighted by atomic mass is 16.1. The third-order valence-corrected chi connectivity index (χ3v) is 3.12. The van der Waals surface area contributed by atoms with Gasteiger partial charge in [0.25, 0.3) is 5.91 Å². The van der Waals surface area contributed by atoms with E-state index < -0.39 is 5.91 Å². The summed E-state index contributed by atoms with van der Waals surface area (Å²) in [5.41, 5.74) is 9.05. The van der Waals surface area contributed by atoms with Gasteiger partial charge in [-0.3, -0.25) is 9.78 Å². The smallest absolute Gasteiger partial charge is 0.267 e. The van der Waals surface area contributed by atoms with E-state index in [1.807, 2.05) is 48.5 Å². The molecule has 0 aliphatic rings. The lowest BCUT2D eigenvalue weighted by atomic mass is 10.0. The normalized spacial score (nSPS) is 10.3. The van der Waals surface area contributed by atoms with E-state index in [1.54, 1.807) is 18.3 Å². The Morgan fingerprint density at radius 3 is 2.29 bits per heavy atom. The molecular weight excluding hydrogens is 262 g/mol. The number of benzene rings is 1. The summed E-state index contributed by atoms with van der Waals surface area (Å²) in [6.45, 7) is 0. The maximum atomic E-state index is 11.2. The first-order chi connectivity index (χ1) is 10.2. The van der Waals surface area contributed by atoms with Gasteiger partial charge in [0.05, 0.1) is 11.4 Å². The van der Waals surface area contributed by atoms with Gasteiger partial charge in [0.2, 0.25) is 0 Å². The first kappa shape index (κ1) is 13.0. The van der Waals surface area contributed by atoms with Crippen LogP contribution in [-0.2, 0) is 0 Å². The largest absolute Gasteiger partial charge is 0.364 e. The molecular formula is C17H13N3O. The number of primary amides is 1. The minimum atomic E-state index is -0.530. The molecule has 0 fully saturated rings. The van der Waals surface area contributed by atoms with Crippen LogP contribution in [0.25, 0.3) is 22.5 Å². The van der Waals surface area contributed by atoms with Crippen LogP contribution in [0.5, 0.6) is 0 Å². The molecule has 2 aromatic heterocycles. The van der Waals surface area contributed by atoms with Crippen LogP contribution < -0.4 is 5.73 Å². The van der Waals surface area contributed by atoms with Crippen molar-refractivity contribution in [2.24, 2.45) is 5.73 Å². The monoisotopic (exact) mass is 275 g/mol. The van der Waals surface area contributed by atoms with Gasteiger partial charge in [-0.25, -0.2) is 4.98 Å². The topological polar surface area (TPSA) is 68.9 Å². The highest BCUT2D eigenvalue weighted by molar-refractivity contribution is 5.91. The molecule has 0 aliphatic carbocycles. The van der Waals surface area contributed by atoms with Crippen molar-refractivity contribution in [2.75, 3.05) is 0 Å². The summed E-state index contributed by atoms with van der Waals surface area (Å²) in [7, 11) is 0. The summed E-state index contributed by atoms with van der Waals surface area (Å²) < 4.78 is 0. The van der Waals surface area contributed by atoms with E-state index in [0.29, 0.717) is 5.69 Å². The van der Waals surface area contributed by atoms with E-state index in [2.05, 4.69) is 9.97 Å². The van der Waals surface area contributed by atoms with Crippen LogP contribution in [-0.4, -0.2) is 15.9 Å². The molecule has 3 rings (SSSR count). The molecule has 4 heteroatoms. The summed E-state index contributed by atoms with van der Waals surface area (Å²) in [6.07, 6.45) is 1.76. The number of hydrogen-bond donors (Lipinski definition) is 1. The maximum Gasteiger partial charge on any atom is 0.267 e. The van der Waals surface area contributed by atoms with Crippen LogP contribution in [0.15, 0.2) is 66.9 Å². The van der Waals surface area contributed by atoms with Crippen LogP contribution >= 0.6 is 0 Å². The van der Waals surface area contributed by atoms with Crippen molar-refractivity contribution in [3.63, 3.8) is 0 Å². The number of rotatable bonds is 3. The van der Waals surface area contributed by atoms with Gasteiger partial charge >= 0.3 is 0 Å². The van der Waals surface area contributed by atoms with Gasteiger partial charge in [0.15, 0.2) is 0 Å². The third kappa shape index (κ3) is 2.79. The lowest BCUT2D eigenvalue weighted by molar-refractivity contribution is 0.0995. The summed E-state index contributed by atoms with van der Waals surface area (Å²) >= 11 is 0. The zero-order valence-electron chi connectivity index (χ0n) is 11.2. The van der Waals surface area contributed by atoms with E-state index in [9.17, 15) is 4.79 Å². The second-order valence-corrected chi connectivity index (χ2v) is 4.57. The van der Waals surface area contributed by atoms with Crippen LogP contribution in [0.4, 0.5) is 0 Å². The van der Waals surface area contributed by atoms with E-state index in [4.69, 9.17) is 5.73 Å². The number of aromatic nitrogens is 2. The van der Waals surface area contributed by atoms with Crippen molar-refractivity contribution >= 4 is 5.91 Å². The molecule has 0 unspecified atom stereocenters. The van der Waals surface area contributed by atoms with Gasteiger partial charge in [-0.15, -0.1) is 0 Å². The van der Waals surface area contributed by atoms with Crippen molar-refractivity contribution in [3.05, 3.63) is 72.6 Å². The number of amides is 1. The SMILES string of the molecule is NC(=O)c1cccc(-c2cccc(-c3ccccn3)c2)n1. The first-order valence-electron chi connectivity index (χ1n) is 6.53. The van der Waals surface area contributed by atoms with E-state index in [0.717, 1.165) is 16.8 Å². The molecule has 0 spiro atoms. The molecule has 0 saturated heterocycles. The van der Waals surface area contributed by atoms with E-state index >= 15 is 0 Å². The van der Waals surface area contributed by atoms with Crippen LogP contribution in [0.1, 0.15) is 10.5 Å². The predicted molar refractivity (Wildman–Crippen MR) is 81.4 cm³/mol. The molecule has 0 aliphatic heterocycles. The summed E-state index contributed by atoms with van der Waals surface area (Å²) in [6, 6.07) is 18.9. The molecule has 2 N–H and O–H groups in total. The Kier molecular flexibility index (Phi) is 3.43. The lowest BCUT2D eigenvalue weighted by Crippen LogP contribution is -2.12. The zero-order chi connectivity index (χ0) is 14.7. The fraction of sp³-hybridized carbons (Fsp3) is 0. The van der Waals surface area contributed by atoms with Crippen molar-refractivity contribution < 1.29 is 4.79 Å². The Bertz CT molecular complexity index is 785. The van der Waals surface area contributed by atoms with E-state index in [-0.39, 0.29) is 5.69 Å². The van der Waals surface area contributed by atoms with Gasteiger partial charge in [-0.05, 0) is 30.3 Å². The van der Waals surface area contributed by atoms with Crippen molar-refractivity contribution in [1.29, 1.82) is 0 Å². The number of carbonyl (C=O) groups is 1. The molecule has 1 amide bonds. The summed E-state index contributed by atoms with van der Waals surface area (Å²) in [5, 5.41) is 0. The molecule has 0 saturated carbocycles. The minimum Gasteiger partial charge on any atom is -0.364 e. The van der Waals surface area contributed by atoms with E-state index in [1.165, 1.54) is 0 Å². The third-order valence-electron chi connectivity index (χ3n) is 3.12. The fourth-order valence-corrected chi connectivity index (χ4v) is 2.10. The van der Waals surface area contributed by atoms with Gasteiger partial charge < -0.3 is 5.73 Å². The molecule has 0 radical (unpaired) electrons. The maximum absolute atomic E-state index is 11.2. The first-order valence-corrected chi connectivity index (χ1v) is 6.53. The second-order valence-electron chi connectivity index (χ2n) is 4.57. The average Bonchev–Trinajstić information content (AvgIpc) is 2.56. The molecule has 0 atom stereocenters. The Morgan fingerprint density at radius 1 is 0.857 bits per heavy atom. The highest BCUT2D eigenvalue weighted by Crippen LogP contribution is 2.24. The van der Waals surface area contributed by atoms with Crippen LogP contribution in [0, 0.1) is 0 Å². The summed E-state index contributed by atoms with van der Waals surface area (Å²) in [4.78, 5) is 19.8. The average molecular weight is 275 g/mol. The van der Waals surface area contributed by atoms with Gasteiger partial charge in [0.1, 0.15) is 5.69 Å². The minimum absolute atomic E-state index is 0.260. The number of carbonyl (C=O) groups excluding carboxylic acids is 1. The number of pyridine rings is 2. The standard InChI is InChI=1S/C17H13N3O/c18-17(21)16-9-4-8-15(20-16)13-6-3-5-12(11-13)14-7-1-2-10-19-14/h1-11H,(H2,18,21).